The van der Waals surface area contributed by atoms with Crippen molar-refractivity contribution in [1.29, 1.82) is 0 Å². The number of hydrogen-bond acceptors (Lipinski definition) is 1. The molecular weight excluding hydrogens is 423 g/mol. The lowest BCUT2D eigenvalue weighted by Crippen LogP contribution is -2.67. The highest BCUT2D eigenvalue weighted by molar-refractivity contribution is 14.1. The van der Waals surface area contributed by atoms with Crippen LogP contribution in [0.2, 0.25) is 5.04 Å². The molecule has 2 aromatic rings. The molecule has 0 aliphatic heterocycles. The molecule has 0 spiro atoms. The van der Waals surface area contributed by atoms with E-state index in [1.54, 1.807) is 0 Å². The average molecular weight is 450 g/mol. The average Bonchev–Trinajstić information content (AvgIpc) is 2.59. The molecule has 128 valence electrons. The Morgan fingerprint density at radius 3 is 1.75 bits per heavy atom. The number of halogens is 1. The van der Waals surface area contributed by atoms with Gasteiger partial charge in [0.15, 0.2) is 0 Å². The summed E-state index contributed by atoms with van der Waals surface area (Å²) in [6.07, 6.45) is 3.29. The van der Waals surface area contributed by atoms with Crippen LogP contribution in [0.5, 0.6) is 0 Å². The Hall–Kier alpha value is -0.913. The molecule has 1 atom stereocenters. The summed E-state index contributed by atoms with van der Waals surface area (Å²) in [5, 5.41) is 2.70. The zero-order valence-electron chi connectivity index (χ0n) is 15.0. The Labute approximate surface area is 161 Å². The van der Waals surface area contributed by atoms with Crippen molar-refractivity contribution in [3.05, 3.63) is 70.8 Å². The van der Waals surface area contributed by atoms with Crippen molar-refractivity contribution >= 4 is 41.3 Å². The Kier molecular flexibility index (Phi) is 6.84. The highest BCUT2D eigenvalue weighted by atomic mass is 127. The predicted molar refractivity (Wildman–Crippen MR) is 116 cm³/mol. The first-order chi connectivity index (χ1) is 11.5. The van der Waals surface area contributed by atoms with Gasteiger partial charge in [-0.2, -0.15) is 0 Å². The molecule has 0 amide bonds. The van der Waals surface area contributed by atoms with Crippen LogP contribution < -0.4 is 10.4 Å². The Morgan fingerprint density at radius 1 is 0.958 bits per heavy atom. The summed E-state index contributed by atoms with van der Waals surface area (Å²) in [6.45, 7) is 9.15. The van der Waals surface area contributed by atoms with Gasteiger partial charge in [0.05, 0.1) is 6.10 Å². The van der Waals surface area contributed by atoms with Gasteiger partial charge >= 0.3 is 0 Å². The molecule has 2 aromatic carbocycles. The summed E-state index contributed by atoms with van der Waals surface area (Å²) >= 11 is 2.28. The third kappa shape index (κ3) is 4.01. The zero-order chi connectivity index (χ0) is 17.6. The summed E-state index contributed by atoms with van der Waals surface area (Å²) in [5.41, 5.74) is 0. The summed E-state index contributed by atoms with van der Waals surface area (Å²) in [5.74, 6) is 0. The van der Waals surface area contributed by atoms with Crippen LogP contribution in [-0.2, 0) is 4.43 Å². The predicted octanol–water partition coefficient (Wildman–Crippen LogP) is 5.29. The van der Waals surface area contributed by atoms with Gasteiger partial charge in [0.1, 0.15) is 0 Å². The zero-order valence-corrected chi connectivity index (χ0v) is 18.2. The van der Waals surface area contributed by atoms with E-state index in [-0.39, 0.29) is 11.1 Å². The van der Waals surface area contributed by atoms with Crippen LogP contribution in [-0.4, -0.2) is 14.4 Å². The topological polar surface area (TPSA) is 9.23 Å². The first kappa shape index (κ1) is 19.4. The molecule has 3 heteroatoms. The number of hydrogen-bond donors (Lipinski definition) is 0. The van der Waals surface area contributed by atoms with Crippen LogP contribution in [0.25, 0.3) is 0 Å². The summed E-state index contributed by atoms with van der Waals surface area (Å²) in [6, 6.07) is 21.6. The highest BCUT2D eigenvalue weighted by Crippen LogP contribution is 2.37. The molecule has 0 aliphatic rings. The van der Waals surface area contributed by atoms with Gasteiger partial charge < -0.3 is 4.43 Å². The lowest BCUT2D eigenvalue weighted by molar-refractivity contribution is 0.229. The molecule has 0 bridgehead atoms. The largest absolute Gasteiger partial charge is 0.401 e. The van der Waals surface area contributed by atoms with Gasteiger partial charge in [-0.3, -0.25) is 0 Å². The van der Waals surface area contributed by atoms with Crippen molar-refractivity contribution in [3.63, 3.8) is 0 Å². The molecule has 0 saturated carbocycles. The lowest BCUT2D eigenvalue weighted by atomic mass is 10.2. The fourth-order valence-corrected chi connectivity index (χ4v) is 8.44. The van der Waals surface area contributed by atoms with Crippen molar-refractivity contribution < 1.29 is 4.43 Å². The van der Waals surface area contributed by atoms with E-state index >= 15 is 0 Å². The van der Waals surface area contributed by atoms with Crippen LogP contribution >= 0.6 is 22.6 Å². The van der Waals surface area contributed by atoms with Gasteiger partial charge in [0.2, 0.25) is 0 Å². The second kappa shape index (κ2) is 8.45. The quantitative estimate of drug-likeness (QED) is 0.429. The maximum Gasteiger partial charge on any atom is 0.261 e. The van der Waals surface area contributed by atoms with E-state index in [9.17, 15) is 0 Å². The van der Waals surface area contributed by atoms with E-state index in [1.807, 2.05) is 0 Å². The molecular formula is C21H27IOSi. The van der Waals surface area contributed by atoms with Crippen molar-refractivity contribution in [1.82, 2.24) is 0 Å². The minimum atomic E-state index is -2.43. The van der Waals surface area contributed by atoms with E-state index in [0.717, 1.165) is 6.42 Å². The molecule has 0 saturated heterocycles. The maximum absolute atomic E-state index is 7.01. The molecule has 0 heterocycles. The molecule has 0 fully saturated rings. The minimum absolute atomic E-state index is 0.0300. The standard InChI is InChI=1S/C21H27IOSi/c1-5-18(16-17-22)23-24(21(2,3)4,19-12-8-6-9-13-19)20-14-10-7-11-15-20/h6-18H,5H2,1-4H3/b17-16+/t18-/m1/s1. The molecule has 2 rings (SSSR count). The summed E-state index contributed by atoms with van der Waals surface area (Å²) in [7, 11) is -2.43. The van der Waals surface area contributed by atoms with Gasteiger partial charge in [0.25, 0.3) is 8.32 Å². The summed E-state index contributed by atoms with van der Waals surface area (Å²) < 4.78 is 9.08. The van der Waals surface area contributed by atoms with Crippen LogP contribution in [0.1, 0.15) is 34.1 Å². The third-order valence-corrected chi connectivity index (χ3v) is 9.91. The second-order valence-electron chi connectivity index (χ2n) is 7.05. The smallest absolute Gasteiger partial charge is 0.261 e. The Morgan fingerprint density at radius 2 is 1.42 bits per heavy atom. The van der Waals surface area contributed by atoms with Gasteiger partial charge in [-0.1, -0.05) is 117 Å². The Balaban J connectivity index is 2.70. The van der Waals surface area contributed by atoms with Crippen molar-refractivity contribution in [2.45, 2.75) is 45.3 Å². The molecule has 0 aromatic heterocycles. The van der Waals surface area contributed by atoms with E-state index in [0.29, 0.717) is 0 Å². The van der Waals surface area contributed by atoms with Crippen LogP contribution in [0.4, 0.5) is 0 Å². The number of benzene rings is 2. The SMILES string of the molecule is CC[C@H](/C=C/I)O[Si](c1ccccc1)(c1ccccc1)C(C)(C)C. The van der Waals surface area contributed by atoms with E-state index in [2.05, 4.69) is 121 Å². The summed E-state index contributed by atoms with van der Waals surface area (Å²) in [4.78, 5) is 0. The monoisotopic (exact) mass is 450 g/mol. The molecule has 0 aliphatic carbocycles. The van der Waals surface area contributed by atoms with E-state index < -0.39 is 8.32 Å². The highest BCUT2D eigenvalue weighted by Gasteiger charge is 2.50. The first-order valence-electron chi connectivity index (χ1n) is 8.51. The maximum atomic E-state index is 7.01. The fourth-order valence-electron chi connectivity index (χ4n) is 3.26. The second-order valence-corrected chi connectivity index (χ2v) is 12.0. The molecule has 0 unspecified atom stereocenters. The number of rotatable bonds is 6. The lowest BCUT2D eigenvalue weighted by Gasteiger charge is -2.44. The van der Waals surface area contributed by atoms with Gasteiger partial charge in [0, 0.05) is 0 Å². The van der Waals surface area contributed by atoms with E-state index in [4.69, 9.17) is 4.43 Å². The first-order valence-corrected chi connectivity index (χ1v) is 11.7. The van der Waals surface area contributed by atoms with Gasteiger partial charge in [-0.05, 0) is 25.9 Å². The van der Waals surface area contributed by atoms with Gasteiger partial charge in [-0.25, -0.2) is 0 Å². The molecule has 24 heavy (non-hydrogen) atoms. The molecule has 1 nitrogen and oxygen atoms in total. The third-order valence-electron chi connectivity index (χ3n) is 4.43. The van der Waals surface area contributed by atoms with Crippen LogP contribution in [0.3, 0.4) is 0 Å². The van der Waals surface area contributed by atoms with Crippen LogP contribution in [0.15, 0.2) is 70.8 Å². The molecule has 0 radical (unpaired) electrons. The van der Waals surface area contributed by atoms with E-state index in [1.165, 1.54) is 10.4 Å². The normalized spacial score (nSPS) is 14.0. The van der Waals surface area contributed by atoms with Crippen molar-refractivity contribution in [2.75, 3.05) is 0 Å². The fraction of sp³-hybridized carbons (Fsp3) is 0.333. The Bertz CT molecular complexity index is 607. The van der Waals surface area contributed by atoms with Gasteiger partial charge in [-0.15, -0.1) is 0 Å². The van der Waals surface area contributed by atoms with Crippen molar-refractivity contribution in [3.8, 4) is 0 Å². The van der Waals surface area contributed by atoms with Crippen LogP contribution in [0, 0.1) is 0 Å². The minimum Gasteiger partial charge on any atom is -0.401 e. The molecule has 0 N–H and O–H groups in total. The van der Waals surface area contributed by atoms with Crippen molar-refractivity contribution in [2.24, 2.45) is 0 Å².